The summed E-state index contributed by atoms with van der Waals surface area (Å²) in [6.45, 7) is 2.44. The molecular formula is C29H32N2O4. The van der Waals surface area contributed by atoms with Gasteiger partial charge in [-0.15, -0.1) is 0 Å². The van der Waals surface area contributed by atoms with Crippen LogP contribution < -0.4 is 10.1 Å². The molecule has 4 atom stereocenters. The van der Waals surface area contributed by atoms with Crippen LogP contribution in [0.5, 0.6) is 11.5 Å². The van der Waals surface area contributed by atoms with Crippen molar-refractivity contribution in [2.75, 3.05) is 19.6 Å². The molecule has 1 amide bonds. The number of carbonyl (C=O) groups excluding carboxylic acids is 1. The van der Waals surface area contributed by atoms with E-state index in [2.05, 4.69) is 22.3 Å². The first-order valence-electron chi connectivity index (χ1n) is 13.0. The van der Waals surface area contributed by atoms with Gasteiger partial charge < -0.3 is 20.3 Å². The molecule has 5 aliphatic rings. The van der Waals surface area contributed by atoms with Crippen molar-refractivity contribution in [3.63, 3.8) is 0 Å². The van der Waals surface area contributed by atoms with Crippen molar-refractivity contribution in [2.24, 2.45) is 5.92 Å². The molecule has 0 radical (unpaired) electrons. The second-order valence-electron chi connectivity index (χ2n) is 11.1. The highest BCUT2D eigenvalue weighted by Gasteiger charge is 2.72. The fourth-order valence-electron chi connectivity index (χ4n) is 7.39. The summed E-state index contributed by atoms with van der Waals surface area (Å²) in [4.78, 5) is 15.9. The molecule has 7 rings (SSSR count). The molecule has 2 bridgehead atoms. The molecule has 2 aromatic carbocycles. The largest absolute Gasteiger partial charge is 0.504 e. The van der Waals surface area contributed by atoms with Crippen molar-refractivity contribution in [1.29, 1.82) is 0 Å². The van der Waals surface area contributed by atoms with Crippen LogP contribution in [0.3, 0.4) is 0 Å². The van der Waals surface area contributed by atoms with E-state index in [4.69, 9.17) is 4.74 Å². The van der Waals surface area contributed by atoms with E-state index >= 15 is 0 Å². The van der Waals surface area contributed by atoms with Crippen molar-refractivity contribution in [2.45, 2.75) is 61.7 Å². The number of piperidine rings is 1. The van der Waals surface area contributed by atoms with Gasteiger partial charge in [-0.1, -0.05) is 42.5 Å². The van der Waals surface area contributed by atoms with Crippen LogP contribution in [-0.2, 0) is 23.1 Å². The summed E-state index contributed by atoms with van der Waals surface area (Å²) in [7, 11) is 0. The number of aliphatic hydroxyl groups is 1. The maximum absolute atomic E-state index is 13.4. The molecule has 2 aromatic rings. The number of amides is 1. The average Bonchev–Trinajstić information content (AvgIpc) is 3.60. The average molecular weight is 473 g/mol. The zero-order valence-electron chi connectivity index (χ0n) is 19.9. The number of likely N-dealkylation sites (tertiary alicyclic amines) is 1. The minimum atomic E-state index is -1.02. The topological polar surface area (TPSA) is 82.0 Å². The van der Waals surface area contributed by atoms with Gasteiger partial charge in [0.2, 0.25) is 0 Å². The molecule has 6 heteroatoms. The number of nitrogens with zero attached hydrogens (tertiary/aromatic N) is 1. The van der Waals surface area contributed by atoms with Crippen molar-refractivity contribution in [3.8, 4) is 11.5 Å². The van der Waals surface area contributed by atoms with Gasteiger partial charge in [0.15, 0.2) is 11.5 Å². The van der Waals surface area contributed by atoms with Crippen LogP contribution in [0.2, 0.25) is 0 Å². The Morgan fingerprint density at radius 3 is 2.80 bits per heavy atom. The number of hydrogen-bond donors (Lipinski definition) is 3. The summed E-state index contributed by atoms with van der Waals surface area (Å²) in [5.41, 5.74) is 2.11. The molecule has 35 heavy (non-hydrogen) atoms. The van der Waals surface area contributed by atoms with E-state index in [1.807, 2.05) is 30.3 Å². The molecule has 3 N–H and O–H groups in total. The number of ether oxygens (including phenoxy) is 1. The van der Waals surface area contributed by atoms with Crippen molar-refractivity contribution < 1.29 is 19.7 Å². The first kappa shape index (κ1) is 21.5. The Balaban J connectivity index is 1.24. The smallest absolute Gasteiger partial charge is 0.250 e. The number of phenols is 1. The van der Waals surface area contributed by atoms with Crippen molar-refractivity contribution in [1.82, 2.24) is 10.2 Å². The maximum Gasteiger partial charge on any atom is 0.250 e. The van der Waals surface area contributed by atoms with Crippen LogP contribution >= 0.6 is 0 Å². The van der Waals surface area contributed by atoms with Crippen LogP contribution in [-0.4, -0.2) is 58.4 Å². The Bertz CT molecular complexity index is 1220. The van der Waals surface area contributed by atoms with Gasteiger partial charge in [0.1, 0.15) is 6.10 Å². The SMILES string of the molecule is O=C(NCCc1ccccc1)C1=CC[C@@]2(O)[C@H]3Cc4ccc(O)c5c4[C@@]2(CCN3CC2CC2)[C@H]1O5. The summed E-state index contributed by atoms with van der Waals surface area (Å²) in [5, 5.41) is 26.3. The van der Waals surface area contributed by atoms with Gasteiger partial charge >= 0.3 is 0 Å². The minimum absolute atomic E-state index is 0.00937. The number of hydrogen-bond acceptors (Lipinski definition) is 5. The Morgan fingerprint density at radius 1 is 1.17 bits per heavy atom. The molecule has 6 nitrogen and oxygen atoms in total. The minimum Gasteiger partial charge on any atom is -0.504 e. The number of benzene rings is 2. The summed E-state index contributed by atoms with van der Waals surface area (Å²) < 4.78 is 6.44. The number of phenolic OH excluding ortho intramolecular Hbond substituents is 1. The summed E-state index contributed by atoms with van der Waals surface area (Å²) in [5.74, 6) is 1.16. The molecule has 1 saturated carbocycles. The van der Waals surface area contributed by atoms with Gasteiger partial charge in [0, 0.05) is 24.7 Å². The Labute approximate surface area is 205 Å². The first-order chi connectivity index (χ1) is 17.0. The highest BCUT2D eigenvalue weighted by molar-refractivity contribution is 5.96. The van der Waals surface area contributed by atoms with Crippen molar-refractivity contribution >= 4 is 5.91 Å². The molecule has 3 aliphatic carbocycles. The maximum atomic E-state index is 13.4. The predicted molar refractivity (Wildman–Crippen MR) is 131 cm³/mol. The van der Waals surface area contributed by atoms with Crippen LogP contribution in [0.4, 0.5) is 0 Å². The van der Waals surface area contributed by atoms with Gasteiger partial charge in [-0.2, -0.15) is 0 Å². The standard InChI is InChI=1S/C29H32N2O4/c32-22-9-8-20-16-23-29(34)12-10-21(27(33)30-14-11-18-4-2-1-3-5-18)26-28(29,24(20)25(22)35-26)13-15-31(23)17-19-6-7-19/h1-5,8-10,19,23,26,32,34H,6-7,11-17H2,(H,30,33)/t23-,26+,28+,29-/m1/s1. The molecule has 1 saturated heterocycles. The fraction of sp³-hybridized carbons (Fsp3) is 0.483. The predicted octanol–water partition coefficient (Wildman–Crippen LogP) is 2.85. The lowest BCUT2D eigenvalue weighted by molar-refractivity contribution is -0.165. The molecule has 2 fully saturated rings. The molecule has 0 unspecified atom stereocenters. The van der Waals surface area contributed by atoms with Crippen LogP contribution in [0.1, 0.15) is 42.4 Å². The Kier molecular flexibility index (Phi) is 4.65. The highest BCUT2D eigenvalue weighted by Crippen LogP contribution is 2.65. The summed E-state index contributed by atoms with van der Waals surface area (Å²) in [6.07, 6.45) is 6.51. The summed E-state index contributed by atoms with van der Waals surface area (Å²) >= 11 is 0. The summed E-state index contributed by atoms with van der Waals surface area (Å²) in [6, 6.07) is 13.8. The van der Waals surface area contributed by atoms with E-state index in [1.54, 1.807) is 6.07 Å². The monoisotopic (exact) mass is 472 g/mol. The lowest BCUT2D eigenvalue weighted by atomic mass is 9.49. The third-order valence-electron chi connectivity index (χ3n) is 9.23. The molecule has 0 aromatic heterocycles. The van der Waals surface area contributed by atoms with Gasteiger partial charge in [-0.3, -0.25) is 9.69 Å². The quantitative estimate of drug-likeness (QED) is 0.602. The Hall–Kier alpha value is -2.83. The zero-order valence-corrected chi connectivity index (χ0v) is 19.9. The van der Waals surface area contributed by atoms with Crippen molar-refractivity contribution in [3.05, 3.63) is 70.8 Å². The number of carbonyl (C=O) groups is 1. The first-order valence-corrected chi connectivity index (χ1v) is 13.0. The lowest BCUT2D eigenvalue weighted by Gasteiger charge is -2.62. The van der Waals surface area contributed by atoms with Crippen LogP contribution in [0.15, 0.2) is 54.1 Å². The van der Waals surface area contributed by atoms with E-state index < -0.39 is 17.1 Å². The van der Waals surface area contributed by atoms with Crippen LogP contribution in [0.25, 0.3) is 0 Å². The molecular weight excluding hydrogens is 440 g/mol. The van der Waals surface area contributed by atoms with E-state index in [0.29, 0.717) is 24.3 Å². The highest BCUT2D eigenvalue weighted by atomic mass is 16.5. The number of nitrogens with one attached hydrogen (secondary N) is 1. The van der Waals surface area contributed by atoms with E-state index in [9.17, 15) is 15.0 Å². The van der Waals surface area contributed by atoms with Gasteiger partial charge in [0.25, 0.3) is 5.91 Å². The van der Waals surface area contributed by atoms with E-state index in [0.717, 1.165) is 49.4 Å². The van der Waals surface area contributed by atoms with E-state index in [1.165, 1.54) is 18.4 Å². The van der Waals surface area contributed by atoms with Crippen LogP contribution in [0, 0.1) is 5.92 Å². The Morgan fingerprint density at radius 2 is 2.00 bits per heavy atom. The molecule has 2 heterocycles. The van der Waals surface area contributed by atoms with Gasteiger partial charge in [0.05, 0.1) is 16.6 Å². The zero-order chi connectivity index (χ0) is 23.8. The molecule has 1 spiro atoms. The van der Waals surface area contributed by atoms with Gasteiger partial charge in [-0.25, -0.2) is 0 Å². The fourth-order valence-corrected chi connectivity index (χ4v) is 7.39. The molecule has 2 aliphatic heterocycles. The second-order valence-corrected chi connectivity index (χ2v) is 11.1. The van der Waals surface area contributed by atoms with E-state index in [-0.39, 0.29) is 17.7 Å². The number of aromatic hydroxyl groups is 1. The normalized spacial score (nSPS) is 32.4. The van der Waals surface area contributed by atoms with Gasteiger partial charge in [-0.05, 0) is 68.2 Å². The second kappa shape index (κ2) is 7.58. The third kappa shape index (κ3) is 2.99. The third-order valence-corrected chi connectivity index (χ3v) is 9.23. The molecule has 182 valence electrons. The number of rotatable bonds is 6. The lowest BCUT2D eigenvalue weighted by Crippen LogP contribution is -2.75.